The van der Waals surface area contributed by atoms with Gasteiger partial charge in [0.1, 0.15) is 0 Å². The van der Waals surface area contributed by atoms with Crippen molar-refractivity contribution in [3.8, 4) is 0 Å². The maximum Gasteiger partial charge on any atom is 0.191 e. The highest BCUT2D eigenvalue weighted by molar-refractivity contribution is 7.10. The van der Waals surface area contributed by atoms with Crippen LogP contribution in [0.2, 0.25) is 0 Å². The molecule has 0 bridgehead atoms. The Hall–Kier alpha value is -1.11. The third kappa shape index (κ3) is 5.43. The second-order valence-corrected chi connectivity index (χ2v) is 8.20. The first-order valence-corrected chi connectivity index (χ1v) is 10.5. The zero-order valence-corrected chi connectivity index (χ0v) is 16.4. The van der Waals surface area contributed by atoms with Crippen molar-refractivity contribution in [2.24, 2.45) is 10.9 Å². The molecule has 0 amide bonds. The summed E-state index contributed by atoms with van der Waals surface area (Å²) in [6.07, 6.45) is 5.25. The Morgan fingerprint density at radius 3 is 2.84 bits per heavy atom. The monoisotopic (exact) mass is 364 g/mol. The first kappa shape index (κ1) is 18.7. The summed E-state index contributed by atoms with van der Waals surface area (Å²) in [5, 5.41) is 9.14. The molecule has 6 heteroatoms. The van der Waals surface area contributed by atoms with E-state index < -0.39 is 0 Å². The van der Waals surface area contributed by atoms with E-state index in [4.69, 9.17) is 4.74 Å². The summed E-state index contributed by atoms with van der Waals surface area (Å²) in [6, 6.07) is 4.84. The number of ether oxygens (including phenoxy) is 1. The minimum Gasteiger partial charge on any atom is -0.376 e. The molecule has 2 unspecified atom stereocenters. The smallest absolute Gasteiger partial charge is 0.191 e. The minimum absolute atomic E-state index is 0.329. The third-order valence-corrected chi connectivity index (χ3v) is 6.31. The lowest BCUT2D eigenvalue weighted by molar-refractivity contribution is 0.113. The van der Waals surface area contributed by atoms with E-state index in [0.717, 1.165) is 38.0 Å². The first-order valence-electron chi connectivity index (χ1n) is 9.60. The molecule has 2 aliphatic heterocycles. The summed E-state index contributed by atoms with van der Waals surface area (Å²) >= 11 is 1.86. The van der Waals surface area contributed by atoms with E-state index in [1.165, 1.54) is 37.2 Å². The number of piperidine rings is 1. The lowest BCUT2D eigenvalue weighted by Gasteiger charge is -2.36. The van der Waals surface area contributed by atoms with Crippen LogP contribution in [0, 0.1) is 5.92 Å². The van der Waals surface area contributed by atoms with Crippen molar-refractivity contribution in [2.75, 3.05) is 39.8 Å². The molecular formula is C19H32N4OS. The van der Waals surface area contributed by atoms with Gasteiger partial charge >= 0.3 is 0 Å². The molecule has 0 spiro atoms. The molecule has 140 valence electrons. The fraction of sp³-hybridized carbons (Fsp3) is 0.737. The van der Waals surface area contributed by atoms with Crippen molar-refractivity contribution >= 4 is 17.3 Å². The predicted molar refractivity (Wildman–Crippen MR) is 105 cm³/mol. The van der Waals surface area contributed by atoms with Gasteiger partial charge in [0, 0.05) is 31.6 Å². The standard InChI is InChI=1S/C19H32N4OS/c1-15-7-9-23(10-8-15)17(18-6-4-12-25-18)14-22-19(20-2)21-13-16-5-3-11-24-16/h4,6,12,15-17H,3,5,7-11,13-14H2,1-2H3,(H2,20,21,22). The van der Waals surface area contributed by atoms with Gasteiger partial charge < -0.3 is 15.4 Å². The number of hydrogen-bond donors (Lipinski definition) is 2. The molecule has 0 radical (unpaired) electrons. The lowest BCUT2D eigenvalue weighted by Crippen LogP contribution is -2.46. The summed E-state index contributed by atoms with van der Waals surface area (Å²) in [4.78, 5) is 8.46. The van der Waals surface area contributed by atoms with E-state index in [2.05, 4.69) is 45.0 Å². The largest absolute Gasteiger partial charge is 0.376 e. The molecule has 3 heterocycles. The number of nitrogens with one attached hydrogen (secondary N) is 2. The Balaban J connectivity index is 1.54. The van der Waals surface area contributed by atoms with Gasteiger partial charge in [-0.05, 0) is 56.1 Å². The summed E-state index contributed by atoms with van der Waals surface area (Å²) < 4.78 is 5.69. The highest BCUT2D eigenvalue weighted by Gasteiger charge is 2.25. The molecule has 25 heavy (non-hydrogen) atoms. The number of guanidine groups is 1. The molecule has 2 saturated heterocycles. The van der Waals surface area contributed by atoms with Gasteiger partial charge in [0.25, 0.3) is 0 Å². The van der Waals surface area contributed by atoms with Crippen LogP contribution in [0.4, 0.5) is 0 Å². The SMILES string of the molecule is CN=C(NCC1CCCO1)NCC(c1cccs1)N1CCC(C)CC1. The Morgan fingerprint density at radius 1 is 1.36 bits per heavy atom. The maximum absolute atomic E-state index is 5.69. The van der Waals surface area contributed by atoms with Gasteiger partial charge in [0.05, 0.1) is 12.1 Å². The molecule has 2 atom stereocenters. The van der Waals surface area contributed by atoms with Crippen LogP contribution in [0.25, 0.3) is 0 Å². The highest BCUT2D eigenvalue weighted by Crippen LogP contribution is 2.29. The molecule has 3 rings (SSSR count). The Labute approximate surface area is 155 Å². The molecule has 2 N–H and O–H groups in total. The van der Waals surface area contributed by atoms with Gasteiger partial charge in [0.15, 0.2) is 5.96 Å². The number of nitrogens with zero attached hydrogens (tertiary/aromatic N) is 2. The van der Waals surface area contributed by atoms with Gasteiger partial charge in [-0.1, -0.05) is 13.0 Å². The fourth-order valence-corrected chi connectivity index (χ4v) is 4.52. The Kier molecular flexibility index (Phi) is 7.13. The average Bonchev–Trinajstić information content (AvgIpc) is 3.33. The minimum atomic E-state index is 0.329. The first-order chi connectivity index (χ1) is 12.3. The summed E-state index contributed by atoms with van der Waals surface area (Å²) in [5.41, 5.74) is 0. The van der Waals surface area contributed by atoms with E-state index in [9.17, 15) is 0 Å². The van der Waals surface area contributed by atoms with Crippen molar-refractivity contribution in [1.29, 1.82) is 0 Å². The van der Waals surface area contributed by atoms with Crippen molar-refractivity contribution in [3.05, 3.63) is 22.4 Å². The van der Waals surface area contributed by atoms with Crippen LogP contribution in [-0.4, -0.2) is 56.8 Å². The maximum atomic E-state index is 5.69. The van der Waals surface area contributed by atoms with Crippen LogP contribution in [0.15, 0.2) is 22.5 Å². The Bertz CT molecular complexity index is 520. The van der Waals surface area contributed by atoms with E-state index in [1.807, 2.05) is 18.4 Å². The van der Waals surface area contributed by atoms with Crippen molar-refractivity contribution in [1.82, 2.24) is 15.5 Å². The summed E-state index contributed by atoms with van der Waals surface area (Å²) in [6.45, 7) is 7.37. The lowest BCUT2D eigenvalue weighted by atomic mass is 9.97. The van der Waals surface area contributed by atoms with Gasteiger partial charge in [0.2, 0.25) is 0 Å². The molecule has 1 aromatic heterocycles. The van der Waals surface area contributed by atoms with Crippen LogP contribution in [0.3, 0.4) is 0 Å². The highest BCUT2D eigenvalue weighted by atomic mass is 32.1. The number of hydrogen-bond acceptors (Lipinski definition) is 4. The number of aliphatic imine (C=N–C) groups is 1. The molecule has 0 aromatic carbocycles. The number of likely N-dealkylation sites (tertiary alicyclic amines) is 1. The van der Waals surface area contributed by atoms with Crippen LogP contribution < -0.4 is 10.6 Å². The number of rotatable bonds is 6. The van der Waals surface area contributed by atoms with Crippen LogP contribution in [0.5, 0.6) is 0 Å². The summed E-state index contributed by atoms with van der Waals surface area (Å²) in [7, 11) is 1.84. The van der Waals surface area contributed by atoms with Crippen molar-refractivity contribution in [3.63, 3.8) is 0 Å². The second kappa shape index (κ2) is 9.55. The van der Waals surface area contributed by atoms with E-state index >= 15 is 0 Å². The molecule has 2 fully saturated rings. The van der Waals surface area contributed by atoms with Gasteiger partial charge in [-0.2, -0.15) is 0 Å². The average molecular weight is 365 g/mol. The van der Waals surface area contributed by atoms with Crippen LogP contribution >= 0.6 is 11.3 Å². The van der Waals surface area contributed by atoms with E-state index in [-0.39, 0.29) is 0 Å². The molecule has 2 aliphatic rings. The Morgan fingerprint density at radius 2 is 2.20 bits per heavy atom. The quantitative estimate of drug-likeness (QED) is 0.602. The molecule has 0 saturated carbocycles. The van der Waals surface area contributed by atoms with Gasteiger partial charge in [-0.25, -0.2) is 0 Å². The normalized spacial score (nSPS) is 24.4. The molecule has 0 aliphatic carbocycles. The fourth-order valence-electron chi connectivity index (χ4n) is 3.66. The third-order valence-electron chi connectivity index (χ3n) is 5.34. The van der Waals surface area contributed by atoms with Gasteiger partial charge in [-0.15, -0.1) is 11.3 Å². The van der Waals surface area contributed by atoms with E-state index in [0.29, 0.717) is 12.1 Å². The number of thiophene rings is 1. The summed E-state index contributed by atoms with van der Waals surface area (Å²) in [5.74, 6) is 1.73. The van der Waals surface area contributed by atoms with Crippen molar-refractivity contribution in [2.45, 2.75) is 44.8 Å². The molecular weight excluding hydrogens is 332 g/mol. The topological polar surface area (TPSA) is 48.9 Å². The molecule has 5 nitrogen and oxygen atoms in total. The second-order valence-electron chi connectivity index (χ2n) is 7.22. The molecule has 1 aromatic rings. The van der Waals surface area contributed by atoms with Crippen LogP contribution in [0.1, 0.15) is 43.5 Å². The predicted octanol–water partition coefficient (Wildman–Crippen LogP) is 2.87. The van der Waals surface area contributed by atoms with Gasteiger partial charge in [-0.3, -0.25) is 9.89 Å². The zero-order valence-electron chi connectivity index (χ0n) is 15.5. The van der Waals surface area contributed by atoms with E-state index in [1.54, 1.807) is 0 Å². The van der Waals surface area contributed by atoms with Crippen LogP contribution in [-0.2, 0) is 4.74 Å². The zero-order chi connectivity index (χ0) is 17.5. The van der Waals surface area contributed by atoms with Crippen molar-refractivity contribution < 1.29 is 4.74 Å².